The van der Waals surface area contributed by atoms with E-state index < -0.39 is 11.4 Å². The lowest BCUT2D eigenvalue weighted by Gasteiger charge is -2.15. The molecule has 0 aliphatic carbocycles. The molecule has 0 N–H and O–H groups in total. The molecule has 0 atom stereocenters. The summed E-state index contributed by atoms with van der Waals surface area (Å²) >= 11 is 1.34. The van der Waals surface area contributed by atoms with Gasteiger partial charge in [-0.05, 0) is 37.3 Å². The molecule has 0 saturated heterocycles. The van der Waals surface area contributed by atoms with E-state index in [1.165, 1.54) is 28.5 Å². The molecular weight excluding hydrogens is 305 g/mol. The largest absolute Gasteiger partial charge is 0.354 e. The summed E-state index contributed by atoms with van der Waals surface area (Å²) in [5.41, 5.74) is -0.154. The zero-order valence-corrected chi connectivity index (χ0v) is 13.6. The maximum absolute atomic E-state index is 13.0. The summed E-state index contributed by atoms with van der Waals surface area (Å²) in [6, 6.07) is 5.66. The van der Waals surface area contributed by atoms with Crippen molar-refractivity contribution in [3.05, 3.63) is 56.6 Å². The average molecular weight is 323 g/mol. The lowest BCUT2D eigenvalue weighted by molar-refractivity contribution is 0.463. The number of halogens is 1. The van der Waals surface area contributed by atoms with E-state index in [1.54, 1.807) is 26.0 Å². The third-order valence-electron chi connectivity index (χ3n) is 3.11. The van der Waals surface area contributed by atoms with Crippen LogP contribution in [0.1, 0.15) is 32.4 Å². The number of thioether (sulfide) groups is 1. The molecule has 2 aromatic rings. The lowest BCUT2D eigenvalue weighted by Crippen LogP contribution is -2.43. The van der Waals surface area contributed by atoms with Crippen LogP contribution < -0.4 is 11.4 Å². The van der Waals surface area contributed by atoms with Crippen LogP contribution in [0.2, 0.25) is 0 Å². The monoisotopic (exact) mass is 323 g/mol. The van der Waals surface area contributed by atoms with Crippen molar-refractivity contribution < 1.29 is 4.39 Å². The predicted molar refractivity (Wildman–Crippen MR) is 85.0 cm³/mol. The minimum absolute atomic E-state index is 0.251. The summed E-state index contributed by atoms with van der Waals surface area (Å²) in [5, 5.41) is 0.388. The summed E-state index contributed by atoms with van der Waals surface area (Å²) in [7, 11) is 0. The normalized spacial score (nSPS) is 11.1. The van der Waals surface area contributed by atoms with Gasteiger partial charge in [0.05, 0.1) is 6.54 Å². The van der Waals surface area contributed by atoms with Crippen molar-refractivity contribution in [2.75, 3.05) is 5.75 Å². The second-order valence-electron chi connectivity index (χ2n) is 5.07. The van der Waals surface area contributed by atoms with Gasteiger partial charge in [0.1, 0.15) is 5.82 Å². The number of hydrogen-bond donors (Lipinski definition) is 0. The zero-order valence-electron chi connectivity index (χ0n) is 12.7. The Bertz CT molecular complexity index is 766. The Balaban J connectivity index is 2.56. The topological polar surface area (TPSA) is 56.9 Å². The SMILES string of the molecule is CCSc1nc(=O)n(C(C)C)c(=O)n1Cc1ccc(F)cc1. The van der Waals surface area contributed by atoms with E-state index in [2.05, 4.69) is 4.98 Å². The van der Waals surface area contributed by atoms with Gasteiger partial charge < -0.3 is 0 Å². The van der Waals surface area contributed by atoms with Crippen LogP contribution in [0.3, 0.4) is 0 Å². The Labute approximate surface area is 131 Å². The van der Waals surface area contributed by atoms with Crippen molar-refractivity contribution >= 4 is 11.8 Å². The van der Waals surface area contributed by atoms with E-state index in [-0.39, 0.29) is 18.4 Å². The van der Waals surface area contributed by atoms with Crippen molar-refractivity contribution in [2.45, 2.75) is 38.5 Å². The van der Waals surface area contributed by atoms with E-state index >= 15 is 0 Å². The summed E-state index contributed by atoms with van der Waals surface area (Å²) in [5.74, 6) is 0.366. The van der Waals surface area contributed by atoms with Gasteiger partial charge in [0, 0.05) is 6.04 Å². The van der Waals surface area contributed by atoms with Crippen LogP contribution in [0.15, 0.2) is 39.0 Å². The van der Waals surface area contributed by atoms with Crippen LogP contribution >= 0.6 is 11.8 Å². The van der Waals surface area contributed by atoms with Crippen LogP contribution in [0.25, 0.3) is 0 Å². The van der Waals surface area contributed by atoms with E-state index in [0.29, 0.717) is 10.9 Å². The second kappa shape index (κ2) is 6.91. The van der Waals surface area contributed by atoms with Crippen LogP contribution in [0, 0.1) is 5.82 Å². The minimum atomic E-state index is -0.536. The Kier molecular flexibility index (Phi) is 5.18. The lowest BCUT2D eigenvalue weighted by atomic mass is 10.2. The van der Waals surface area contributed by atoms with E-state index in [4.69, 9.17) is 0 Å². The standard InChI is InChI=1S/C15H18FN3O2S/c1-4-22-14-17-13(20)19(10(2)3)15(21)18(14)9-11-5-7-12(16)8-6-11/h5-8,10H,4,9H2,1-3H3. The fourth-order valence-electron chi connectivity index (χ4n) is 2.08. The molecule has 1 aromatic carbocycles. The molecule has 0 bridgehead atoms. The van der Waals surface area contributed by atoms with Crippen molar-refractivity contribution in [3.8, 4) is 0 Å². The number of hydrogen-bond acceptors (Lipinski definition) is 4. The van der Waals surface area contributed by atoms with E-state index in [9.17, 15) is 14.0 Å². The van der Waals surface area contributed by atoms with Crippen molar-refractivity contribution in [1.29, 1.82) is 0 Å². The summed E-state index contributed by atoms with van der Waals surface area (Å²) < 4.78 is 15.6. The predicted octanol–water partition coefficient (Wildman–Crippen LogP) is 2.29. The van der Waals surface area contributed by atoms with E-state index in [0.717, 1.165) is 10.1 Å². The average Bonchev–Trinajstić information content (AvgIpc) is 2.45. The molecule has 0 saturated carbocycles. The van der Waals surface area contributed by atoms with Crippen LogP contribution in [-0.2, 0) is 6.54 Å². The minimum Gasteiger partial charge on any atom is -0.268 e. The first-order valence-corrected chi connectivity index (χ1v) is 8.03. The van der Waals surface area contributed by atoms with Gasteiger partial charge in [-0.1, -0.05) is 30.8 Å². The molecule has 0 unspecified atom stereocenters. The molecule has 0 aliphatic heterocycles. The van der Waals surface area contributed by atoms with Crippen molar-refractivity contribution in [2.24, 2.45) is 0 Å². The van der Waals surface area contributed by atoms with Gasteiger partial charge in [-0.15, -0.1) is 0 Å². The summed E-state index contributed by atoms with van der Waals surface area (Å²) in [6.07, 6.45) is 0. The van der Waals surface area contributed by atoms with Crippen LogP contribution in [0.5, 0.6) is 0 Å². The smallest absolute Gasteiger partial charge is 0.268 e. The van der Waals surface area contributed by atoms with Gasteiger partial charge in [0.25, 0.3) is 0 Å². The first kappa shape index (κ1) is 16.5. The highest BCUT2D eigenvalue weighted by Gasteiger charge is 2.15. The molecule has 0 spiro atoms. The van der Waals surface area contributed by atoms with Gasteiger partial charge in [-0.2, -0.15) is 4.98 Å². The first-order chi connectivity index (χ1) is 10.4. The number of rotatable bonds is 5. The highest BCUT2D eigenvalue weighted by atomic mass is 32.2. The number of benzene rings is 1. The molecule has 118 valence electrons. The number of nitrogens with zero attached hydrogens (tertiary/aromatic N) is 3. The molecular formula is C15H18FN3O2S. The first-order valence-electron chi connectivity index (χ1n) is 7.04. The summed E-state index contributed by atoms with van der Waals surface area (Å²) in [6.45, 7) is 5.70. The molecule has 0 radical (unpaired) electrons. The molecule has 22 heavy (non-hydrogen) atoms. The van der Waals surface area contributed by atoms with Crippen LogP contribution in [-0.4, -0.2) is 19.9 Å². The van der Waals surface area contributed by atoms with Gasteiger partial charge in [-0.3, -0.25) is 4.57 Å². The fraction of sp³-hybridized carbons (Fsp3) is 0.400. The van der Waals surface area contributed by atoms with Crippen molar-refractivity contribution in [3.63, 3.8) is 0 Å². The molecule has 1 heterocycles. The van der Waals surface area contributed by atoms with Crippen LogP contribution in [0.4, 0.5) is 4.39 Å². The third kappa shape index (κ3) is 3.47. The van der Waals surface area contributed by atoms with Gasteiger partial charge in [0.15, 0.2) is 5.16 Å². The van der Waals surface area contributed by atoms with Crippen molar-refractivity contribution in [1.82, 2.24) is 14.1 Å². The van der Waals surface area contributed by atoms with E-state index in [1.807, 2.05) is 6.92 Å². The second-order valence-corrected chi connectivity index (χ2v) is 6.30. The Morgan fingerprint density at radius 2 is 1.86 bits per heavy atom. The Morgan fingerprint density at radius 3 is 2.41 bits per heavy atom. The maximum Gasteiger partial charge on any atom is 0.354 e. The molecule has 7 heteroatoms. The number of aromatic nitrogens is 3. The molecule has 0 aliphatic rings. The van der Waals surface area contributed by atoms with Gasteiger partial charge in [-0.25, -0.2) is 18.5 Å². The van der Waals surface area contributed by atoms with Gasteiger partial charge >= 0.3 is 11.4 Å². The maximum atomic E-state index is 13.0. The molecule has 2 rings (SSSR count). The summed E-state index contributed by atoms with van der Waals surface area (Å²) in [4.78, 5) is 28.6. The fourth-order valence-corrected chi connectivity index (χ4v) is 2.78. The molecule has 5 nitrogen and oxygen atoms in total. The Hall–Kier alpha value is -1.89. The zero-order chi connectivity index (χ0) is 16.3. The Morgan fingerprint density at radius 1 is 1.23 bits per heavy atom. The molecule has 0 amide bonds. The highest BCUT2D eigenvalue weighted by molar-refractivity contribution is 7.99. The quantitative estimate of drug-likeness (QED) is 0.792. The molecule has 1 aromatic heterocycles. The molecule has 0 fully saturated rings. The highest BCUT2D eigenvalue weighted by Crippen LogP contribution is 2.14. The third-order valence-corrected chi connectivity index (χ3v) is 3.97. The van der Waals surface area contributed by atoms with Gasteiger partial charge in [0.2, 0.25) is 0 Å².